The Morgan fingerprint density at radius 1 is 0.796 bits per heavy atom. The normalized spacial score (nSPS) is 11.4. The molecule has 49 heavy (non-hydrogen) atoms. The van der Waals surface area contributed by atoms with E-state index in [1.54, 1.807) is 24.3 Å². The first-order valence-electron chi connectivity index (χ1n) is 14.7. The van der Waals surface area contributed by atoms with E-state index >= 15 is 0 Å². The van der Waals surface area contributed by atoms with Crippen molar-refractivity contribution in [1.29, 1.82) is 0 Å². The van der Waals surface area contributed by atoms with Crippen LogP contribution in [0.5, 0.6) is 0 Å². The Bertz CT molecular complexity index is 1910. The topological polar surface area (TPSA) is 150 Å². The van der Waals surface area contributed by atoms with Gasteiger partial charge in [0.05, 0.1) is 23.2 Å². The molecule has 0 aliphatic heterocycles. The molecule has 3 N–H and O–H groups in total. The summed E-state index contributed by atoms with van der Waals surface area (Å²) in [6.07, 6.45) is -5.00. The maximum absolute atomic E-state index is 13.5. The Balaban J connectivity index is 1.58. The molecule has 0 aromatic heterocycles. The summed E-state index contributed by atoms with van der Waals surface area (Å²) in [6, 6.07) is 20.7. The van der Waals surface area contributed by atoms with Crippen LogP contribution in [-0.2, 0) is 37.1 Å². The van der Waals surface area contributed by atoms with Crippen LogP contribution < -0.4 is 5.32 Å². The van der Waals surface area contributed by atoms with Gasteiger partial charge in [0.25, 0.3) is 11.8 Å². The van der Waals surface area contributed by atoms with E-state index in [0.29, 0.717) is 16.7 Å². The Hall–Kier alpha value is -5.98. The zero-order valence-corrected chi connectivity index (χ0v) is 26.5. The highest BCUT2D eigenvalue weighted by atomic mass is 19.4. The number of carbonyl (C=O) groups is 5. The van der Waals surface area contributed by atoms with Gasteiger partial charge in [0.1, 0.15) is 6.61 Å². The van der Waals surface area contributed by atoms with Gasteiger partial charge < -0.3 is 25.2 Å². The number of nitrogens with one attached hydrogen (secondary N) is 1. The highest BCUT2D eigenvalue weighted by Gasteiger charge is 2.50. The van der Waals surface area contributed by atoms with Crippen molar-refractivity contribution in [3.05, 3.63) is 124 Å². The van der Waals surface area contributed by atoms with Crippen molar-refractivity contribution in [3.8, 4) is 11.1 Å². The van der Waals surface area contributed by atoms with Crippen molar-refractivity contribution >= 4 is 35.4 Å². The summed E-state index contributed by atoms with van der Waals surface area (Å²) < 4.78 is 44.5. The maximum atomic E-state index is 13.5. The van der Waals surface area contributed by atoms with Gasteiger partial charge in [-0.3, -0.25) is 24.0 Å². The monoisotopic (exact) mass is 676 g/mol. The van der Waals surface area contributed by atoms with Crippen molar-refractivity contribution in [2.24, 2.45) is 0 Å². The first-order chi connectivity index (χ1) is 23.1. The number of carboxylic acid groups (broad SMARTS) is 2. The maximum Gasteiger partial charge on any atom is 0.416 e. The lowest BCUT2D eigenvalue weighted by Gasteiger charge is -2.26. The molecule has 0 aliphatic carbocycles. The molecule has 0 spiro atoms. The minimum Gasteiger partial charge on any atom is -0.480 e. The Kier molecular flexibility index (Phi) is 10.6. The standard InChI is InChI=1S/C36H31F3N2O8/c1-21-8-4-7-11-28(21)35(33(45)46,34(47)48)20-49-30(42)19-22-12-17-29(27(18-22)32(44)41(2)3)40-31(43)26-10-6-5-9-25(26)23-13-15-24(16-14-23)36(37,38)39/h4-18H,19-20H2,1-3H3,(H,40,43)(H,45,46)(H,47,48). The van der Waals surface area contributed by atoms with Crippen molar-refractivity contribution in [3.63, 3.8) is 0 Å². The molecule has 0 unspecified atom stereocenters. The molecule has 13 heteroatoms. The molecule has 4 aromatic carbocycles. The van der Waals surface area contributed by atoms with Crippen LogP contribution in [0.4, 0.5) is 18.9 Å². The number of amides is 2. The fraction of sp³-hybridized carbons (Fsp3) is 0.194. The lowest BCUT2D eigenvalue weighted by Crippen LogP contribution is -2.48. The predicted molar refractivity (Wildman–Crippen MR) is 172 cm³/mol. The van der Waals surface area contributed by atoms with E-state index in [1.165, 1.54) is 80.5 Å². The Morgan fingerprint density at radius 2 is 1.41 bits per heavy atom. The van der Waals surface area contributed by atoms with Gasteiger partial charge in [0.2, 0.25) is 5.41 Å². The van der Waals surface area contributed by atoms with Crippen LogP contribution in [0.1, 0.15) is 43.0 Å². The number of anilines is 1. The van der Waals surface area contributed by atoms with Crippen molar-refractivity contribution in [2.75, 3.05) is 26.0 Å². The average Bonchev–Trinajstić information content (AvgIpc) is 3.05. The summed E-state index contributed by atoms with van der Waals surface area (Å²) in [5.41, 5.74) is -1.98. The number of carboxylic acids is 2. The number of carbonyl (C=O) groups excluding carboxylic acids is 3. The van der Waals surface area contributed by atoms with Gasteiger partial charge in [0.15, 0.2) is 0 Å². The number of hydrogen-bond acceptors (Lipinski definition) is 6. The Morgan fingerprint density at radius 3 is 2.00 bits per heavy atom. The van der Waals surface area contributed by atoms with Crippen molar-refractivity contribution in [2.45, 2.75) is 24.9 Å². The van der Waals surface area contributed by atoms with E-state index < -0.39 is 59.9 Å². The fourth-order valence-corrected chi connectivity index (χ4v) is 5.17. The van der Waals surface area contributed by atoms with Gasteiger partial charge in [0, 0.05) is 19.7 Å². The Labute approximate surface area is 278 Å². The number of ether oxygens (including phenoxy) is 1. The second kappa shape index (κ2) is 14.4. The van der Waals surface area contributed by atoms with E-state index in [-0.39, 0.29) is 27.9 Å². The summed E-state index contributed by atoms with van der Waals surface area (Å²) >= 11 is 0. The molecule has 254 valence electrons. The van der Waals surface area contributed by atoms with Gasteiger partial charge in [-0.15, -0.1) is 0 Å². The first-order valence-corrected chi connectivity index (χ1v) is 14.7. The summed E-state index contributed by atoms with van der Waals surface area (Å²) in [4.78, 5) is 65.3. The van der Waals surface area contributed by atoms with Gasteiger partial charge in [-0.1, -0.05) is 60.7 Å². The smallest absolute Gasteiger partial charge is 0.416 e. The number of benzene rings is 4. The number of halogens is 3. The van der Waals surface area contributed by atoms with Crippen molar-refractivity contribution in [1.82, 2.24) is 4.90 Å². The van der Waals surface area contributed by atoms with E-state index in [2.05, 4.69) is 5.32 Å². The third-order valence-corrected chi connectivity index (χ3v) is 7.80. The minimum absolute atomic E-state index is 0.0130. The zero-order valence-electron chi connectivity index (χ0n) is 26.5. The largest absolute Gasteiger partial charge is 0.480 e. The molecule has 10 nitrogen and oxygen atoms in total. The van der Waals surface area contributed by atoms with Gasteiger partial charge in [-0.2, -0.15) is 13.2 Å². The first kappa shape index (κ1) is 35.9. The summed E-state index contributed by atoms with van der Waals surface area (Å²) in [5, 5.41) is 22.6. The van der Waals surface area contributed by atoms with Crippen LogP contribution in [0, 0.1) is 6.92 Å². The van der Waals surface area contributed by atoms with Gasteiger partial charge in [-0.05, 0) is 65.1 Å². The van der Waals surface area contributed by atoms with E-state index in [1.807, 2.05) is 0 Å². The third-order valence-electron chi connectivity index (χ3n) is 7.80. The van der Waals surface area contributed by atoms with Crippen molar-refractivity contribution < 1.29 is 52.1 Å². The number of rotatable bonds is 11. The highest BCUT2D eigenvalue weighted by molar-refractivity contribution is 6.12. The van der Waals surface area contributed by atoms with Crippen LogP contribution in [0.25, 0.3) is 11.1 Å². The van der Waals surface area contributed by atoms with Crippen LogP contribution in [0.2, 0.25) is 0 Å². The molecule has 4 rings (SSSR count). The van der Waals surface area contributed by atoms with Gasteiger partial charge >= 0.3 is 24.1 Å². The summed E-state index contributed by atoms with van der Waals surface area (Å²) in [5.74, 6) is -5.62. The molecule has 0 saturated carbocycles. The molecule has 0 fully saturated rings. The zero-order chi connectivity index (χ0) is 36.1. The number of hydrogen-bond donors (Lipinski definition) is 3. The van der Waals surface area contributed by atoms with Crippen LogP contribution in [0.3, 0.4) is 0 Å². The SMILES string of the molecule is Cc1ccccc1C(COC(=O)Cc1ccc(NC(=O)c2ccccc2-c2ccc(C(F)(F)F)cc2)c(C(=O)N(C)C)c1)(C(=O)O)C(=O)O. The summed E-state index contributed by atoms with van der Waals surface area (Å²) in [6.45, 7) is 0.534. The van der Waals surface area contributed by atoms with E-state index in [9.17, 15) is 47.4 Å². The second-order valence-electron chi connectivity index (χ2n) is 11.3. The number of nitrogens with zero attached hydrogens (tertiary/aromatic N) is 1. The molecule has 0 atom stereocenters. The number of alkyl halides is 3. The molecular weight excluding hydrogens is 645 g/mol. The predicted octanol–water partition coefficient (Wildman–Crippen LogP) is 5.83. The average molecular weight is 677 g/mol. The molecule has 0 bridgehead atoms. The molecule has 0 saturated heterocycles. The van der Waals surface area contributed by atoms with Crippen LogP contribution >= 0.6 is 0 Å². The van der Waals surface area contributed by atoms with Gasteiger partial charge in [-0.25, -0.2) is 0 Å². The summed E-state index contributed by atoms with van der Waals surface area (Å²) in [7, 11) is 2.94. The van der Waals surface area contributed by atoms with Crippen LogP contribution in [0.15, 0.2) is 91.0 Å². The highest BCUT2D eigenvalue weighted by Crippen LogP contribution is 2.33. The number of esters is 1. The molecular formula is C36H31F3N2O8. The molecule has 4 aromatic rings. The quantitative estimate of drug-likeness (QED) is 0.133. The molecule has 0 heterocycles. The lowest BCUT2D eigenvalue weighted by atomic mass is 9.79. The number of aryl methyl sites for hydroxylation is 1. The van der Waals surface area contributed by atoms with Crippen LogP contribution in [-0.4, -0.2) is 65.5 Å². The molecule has 2 amide bonds. The second-order valence-corrected chi connectivity index (χ2v) is 11.3. The molecule has 0 radical (unpaired) electrons. The molecule has 0 aliphatic rings. The fourth-order valence-electron chi connectivity index (χ4n) is 5.17. The number of aliphatic carboxylic acids is 2. The lowest BCUT2D eigenvalue weighted by molar-refractivity contribution is -0.164. The van der Waals surface area contributed by atoms with E-state index in [0.717, 1.165) is 12.1 Å². The van der Waals surface area contributed by atoms with E-state index in [4.69, 9.17) is 4.74 Å². The minimum atomic E-state index is -4.53. The third kappa shape index (κ3) is 7.78.